The summed E-state index contributed by atoms with van der Waals surface area (Å²) in [6.45, 7) is 14.4. The molecule has 308 valence electrons. The van der Waals surface area contributed by atoms with Gasteiger partial charge < -0.3 is 14.9 Å². The zero-order valence-electron chi connectivity index (χ0n) is 35.2. The van der Waals surface area contributed by atoms with E-state index in [2.05, 4.69) is 41.5 Å². The van der Waals surface area contributed by atoms with Crippen LogP contribution in [-0.4, -0.2) is 45.9 Å². The van der Waals surface area contributed by atoms with E-state index in [0.29, 0.717) is 84.1 Å². The van der Waals surface area contributed by atoms with Gasteiger partial charge in [-0.3, -0.25) is 19.2 Å². The first-order valence-corrected chi connectivity index (χ1v) is 23.1. The van der Waals surface area contributed by atoms with Crippen molar-refractivity contribution in [2.45, 2.75) is 182 Å². The van der Waals surface area contributed by atoms with Gasteiger partial charge in [-0.05, 0) is 184 Å². The molecule has 55 heavy (non-hydrogen) atoms. The predicted molar refractivity (Wildman–Crippen MR) is 212 cm³/mol. The van der Waals surface area contributed by atoms with E-state index in [1.807, 2.05) is 0 Å². The third-order valence-corrected chi connectivity index (χ3v) is 20.3. The van der Waals surface area contributed by atoms with Crippen molar-refractivity contribution in [1.82, 2.24) is 0 Å². The average molecular weight is 763 g/mol. The minimum atomic E-state index is -0.712. The van der Waals surface area contributed by atoms with Crippen LogP contribution in [-0.2, 0) is 23.9 Å². The van der Waals surface area contributed by atoms with Crippen molar-refractivity contribution in [2.75, 3.05) is 0 Å². The lowest BCUT2D eigenvalue weighted by Crippen LogP contribution is -2.57. The number of carboxylic acids is 1. The number of carboxylic acid groups (broad SMARTS) is 1. The molecule has 0 bridgehead atoms. The first kappa shape index (κ1) is 40.0. The van der Waals surface area contributed by atoms with Crippen molar-refractivity contribution < 1.29 is 34.1 Å². The molecule has 2 N–H and O–H groups in total. The summed E-state index contributed by atoms with van der Waals surface area (Å²) < 4.78 is 6.27. The molecule has 0 aromatic rings. The molecule has 0 spiro atoms. The van der Waals surface area contributed by atoms with Gasteiger partial charge in [0.15, 0.2) is 0 Å². The second-order valence-electron chi connectivity index (χ2n) is 22.4. The normalized spacial score (nSPS) is 50.0. The van der Waals surface area contributed by atoms with Gasteiger partial charge in [0.1, 0.15) is 17.7 Å². The summed E-state index contributed by atoms with van der Waals surface area (Å²) in [5.41, 5.74) is 0.546. The number of aliphatic carboxylic acids is 1. The Kier molecular flexibility index (Phi) is 10.6. The van der Waals surface area contributed by atoms with Gasteiger partial charge in [-0.2, -0.15) is 0 Å². The van der Waals surface area contributed by atoms with Crippen molar-refractivity contribution in [3.63, 3.8) is 0 Å². The van der Waals surface area contributed by atoms with Gasteiger partial charge >= 0.3 is 11.9 Å². The van der Waals surface area contributed by atoms with Gasteiger partial charge in [0.05, 0.1) is 6.10 Å². The third kappa shape index (κ3) is 6.52. The lowest BCUT2D eigenvalue weighted by atomic mass is 9.44. The SMILES string of the molecule is C[C@H](CCC(=O)O[C@@H]1CC[C@@]2(C)[C@H](CC(=O)[C@@H]3[C@@H]2CC[C@]2(C)[C@@H]([C@H](C)CCC(=O)O)CC[C@@H]32)C1)[C@H]1CC[C@H]2[C@@H]3C(=O)C[C@@H]4C[C@H](O)CC[C@]4(C)[C@H]3CC[C@]12C. The van der Waals surface area contributed by atoms with E-state index in [1.165, 1.54) is 6.42 Å². The molecule has 7 nitrogen and oxygen atoms in total. The van der Waals surface area contributed by atoms with Crippen LogP contribution in [0.3, 0.4) is 0 Å². The number of ether oxygens (including phenoxy) is 1. The number of carbonyl (C=O) groups excluding carboxylic acids is 3. The molecule has 8 fully saturated rings. The molecule has 0 aromatic heterocycles. The fourth-order valence-electron chi connectivity index (χ4n) is 17.2. The largest absolute Gasteiger partial charge is 0.481 e. The molecule has 8 saturated carbocycles. The van der Waals surface area contributed by atoms with Crippen LogP contribution in [0.5, 0.6) is 0 Å². The summed E-state index contributed by atoms with van der Waals surface area (Å²) in [5.74, 6) is 4.52. The highest BCUT2D eigenvalue weighted by Gasteiger charge is 2.65. The van der Waals surface area contributed by atoms with Crippen LogP contribution in [0.15, 0.2) is 0 Å². The molecule has 0 amide bonds. The maximum Gasteiger partial charge on any atom is 0.306 e. The highest BCUT2D eigenvalue weighted by molar-refractivity contribution is 5.84. The number of aliphatic hydroxyl groups is 1. The van der Waals surface area contributed by atoms with E-state index < -0.39 is 5.97 Å². The summed E-state index contributed by atoms with van der Waals surface area (Å²) in [5, 5.41) is 19.7. The zero-order chi connectivity index (χ0) is 39.2. The maximum absolute atomic E-state index is 14.1. The Morgan fingerprint density at radius 2 is 1.09 bits per heavy atom. The number of carbonyl (C=O) groups is 4. The van der Waals surface area contributed by atoms with E-state index in [-0.39, 0.29) is 64.0 Å². The molecule has 8 aliphatic rings. The van der Waals surface area contributed by atoms with Crippen molar-refractivity contribution >= 4 is 23.5 Å². The van der Waals surface area contributed by atoms with Crippen LogP contribution < -0.4 is 0 Å². The van der Waals surface area contributed by atoms with Gasteiger partial charge in [-0.1, -0.05) is 41.5 Å². The smallest absolute Gasteiger partial charge is 0.306 e. The number of aliphatic hydroxyl groups excluding tert-OH is 1. The van der Waals surface area contributed by atoms with Crippen LogP contribution in [0, 0.1) is 92.7 Å². The first-order chi connectivity index (χ1) is 26.0. The molecule has 8 aliphatic carbocycles. The minimum Gasteiger partial charge on any atom is -0.481 e. The molecule has 8 rings (SSSR count). The number of hydrogen-bond acceptors (Lipinski definition) is 6. The van der Waals surface area contributed by atoms with E-state index in [1.54, 1.807) is 0 Å². The van der Waals surface area contributed by atoms with Crippen molar-refractivity contribution in [1.29, 1.82) is 0 Å². The molecule has 0 aromatic carbocycles. The molecular weight excluding hydrogens is 689 g/mol. The summed E-state index contributed by atoms with van der Waals surface area (Å²) >= 11 is 0. The summed E-state index contributed by atoms with van der Waals surface area (Å²) in [4.78, 5) is 52.8. The van der Waals surface area contributed by atoms with E-state index in [0.717, 1.165) is 96.3 Å². The number of ketones is 2. The number of hydrogen-bond donors (Lipinski definition) is 2. The summed E-state index contributed by atoms with van der Waals surface area (Å²) in [6.07, 6.45) is 17.6. The number of fused-ring (bicyclic) bond motifs is 10. The van der Waals surface area contributed by atoms with E-state index in [9.17, 15) is 29.4 Å². The van der Waals surface area contributed by atoms with E-state index >= 15 is 0 Å². The molecular formula is C48H74O7. The van der Waals surface area contributed by atoms with Gasteiger partial charge in [0.2, 0.25) is 0 Å². The van der Waals surface area contributed by atoms with Crippen molar-refractivity contribution in [3.05, 3.63) is 0 Å². The molecule has 0 heterocycles. The molecule has 0 aliphatic heterocycles. The molecule has 0 saturated heterocycles. The lowest BCUT2D eigenvalue weighted by molar-refractivity contribution is -0.169. The highest BCUT2D eigenvalue weighted by Crippen LogP contribution is 2.69. The first-order valence-electron chi connectivity index (χ1n) is 23.1. The maximum atomic E-state index is 14.1. The summed E-state index contributed by atoms with van der Waals surface area (Å²) in [7, 11) is 0. The van der Waals surface area contributed by atoms with E-state index in [4.69, 9.17) is 4.74 Å². The van der Waals surface area contributed by atoms with Gasteiger partial charge in [-0.25, -0.2) is 0 Å². The second kappa shape index (κ2) is 14.5. The number of rotatable bonds is 9. The van der Waals surface area contributed by atoms with Crippen LogP contribution in [0.2, 0.25) is 0 Å². The lowest BCUT2D eigenvalue weighted by Gasteiger charge is -2.60. The quantitative estimate of drug-likeness (QED) is 0.225. The Bertz CT molecular complexity index is 1520. The van der Waals surface area contributed by atoms with Gasteiger partial charge in [-0.15, -0.1) is 0 Å². The second-order valence-corrected chi connectivity index (χ2v) is 22.4. The van der Waals surface area contributed by atoms with Crippen molar-refractivity contribution in [2.24, 2.45) is 92.7 Å². The minimum absolute atomic E-state index is 0.0766. The fraction of sp³-hybridized carbons (Fsp3) is 0.917. The van der Waals surface area contributed by atoms with Crippen LogP contribution >= 0.6 is 0 Å². The molecule has 0 radical (unpaired) electrons. The highest BCUT2D eigenvalue weighted by atomic mass is 16.5. The Morgan fingerprint density at radius 1 is 0.636 bits per heavy atom. The average Bonchev–Trinajstić information content (AvgIpc) is 3.67. The molecule has 18 atom stereocenters. The Labute approximate surface area is 331 Å². The van der Waals surface area contributed by atoms with Crippen LogP contribution in [0.25, 0.3) is 0 Å². The predicted octanol–water partition coefficient (Wildman–Crippen LogP) is 9.85. The Balaban J connectivity index is 0.847. The monoisotopic (exact) mass is 763 g/mol. The Hall–Kier alpha value is -1.76. The Morgan fingerprint density at radius 3 is 1.62 bits per heavy atom. The standard InChI is InChI=1S/C48H74O7/c1-27(7-13-41(52)53)33-9-11-36-44-38(18-22-47(33,36)5)46(4)20-16-32(24-30(46)26-40(44)51)55-42(54)14-8-28(2)34-10-12-35-43-37(17-21-48(34,35)6)45(3)19-15-31(49)23-29(45)25-39(43)50/h27-38,43-44,49H,7-26H2,1-6H3,(H,52,53)/t27-,28-,29+,30+,31-,32-,33-,34-,35+,36+,37+,38+,43+,44+,45+,46+,47-,48-/m1/s1. The van der Waals surface area contributed by atoms with Gasteiger partial charge in [0.25, 0.3) is 0 Å². The topological polar surface area (TPSA) is 118 Å². The molecule has 0 unspecified atom stereocenters. The fourth-order valence-corrected chi connectivity index (χ4v) is 17.2. The number of esters is 1. The van der Waals surface area contributed by atoms with Crippen molar-refractivity contribution in [3.8, 4) is 0 Å². The zero-order valence-corrected chi connectivity index (χ0v) is 35.2. The number of Topliss-reactive ketones (excluding diaryl/α,β-unsaturated/α-hetero) is 2. The third-order valence-electron chi connectivity index (χ3n) is 20.3. The van der Waals surface area contributed by atoms with Gasteiger partial charge in [0, 0.05) is 37.5 Å². The molecule has 7 heteroatoms. The van der Waals surface area contributed by atoms with Crippen LogP contribution in [0.4, 0.5) is 0 Å². The van der Waals surface area contributed by atoms with Crippen LogP contribution in [0.1, 0.15) is 170 Å². The summed E-state index contributed by atoms with van der Waals surface area (Å²) in [6, 6.07) is 0.